The summed E-state index contributed by atoms with van der Waals surface area (Å²) in [6.07, 6.45) is 0.750. The number of hydrogen-bond donors (Lipinski definition) is 2. The van der Waals surface area contributed by atoms with Gasteiger partial charge in [-0.3, -0.25) is 4.79 Å². The molecule has 1 saturated heterocycles. The van der Waals surface area contributed by atoms with Crippen LogP contribution in [0.5, 0.6) is 0 Å². The third-order valence-electron chi connectivity index (χ3n) is 3.53. The lowest BCUT2D eigenvalue weighted by Crippen LogP contribution is -2.37. The first kappa shape index (κ1) is 16.5. The molecule has 1 amide bonds. The highest BCUT2D eigenvalue weighted by molar-refractivity contribution is 6.36. The highest BCUT2D eigenvalue weighted by atomic mass is 35.5. The quantitative estimate of drug-likeness (QED) is 0.832. The van der Waals surface area contributed by atoms with E-state index < -0.39 is 18.0 Å². The van der Waals surface area contributed by atoms with Gasteiger partial charge in [-0.05, 0) is 31.9 Å². The minimum atomic E-state index is -0.572. The summed E-state index contributed by atoms with van der Waals surface area (Å²) in [6.45, 7) is 2.08. The second kappa shape index (κ2) is 6.92. The number of rotatable bonds is 4. The van der Waals surface area contributed by atoms with E-state index in [1.165, 1.54) is 12.1 Å². The van der Waals surface area contributed by atoms with Gasteiger partial charge in [0.1, 0.15) is 11.9 Å². The Morgan fingerprint density at radius 2 is 2.24 bits per heavy atom. The maximum absolute atomic E-state index is 13.5. The molecule has 0 spiro atoms. The number of halogens is 3. The van der Waals surface area contributed by atoms with Crippen LogP contribution in [-0.4, -0.2) is 24.7 Å². The van der Waals surface area contributed by atoms with Crippen LogP contribution < -0.4 is 11.1 Å². The van der Waals surface area contributed by atoms with Crippen LogP contribution in [-0.2, 0) is 9.53 Å². The molecule has 7 heteroatoms. The minimum Gasteiger partial charge on any atom is -0.364 e. The summed E-state index contributed by atoms with van der Waals surface area (Å²) in [6, 6.07) is 2.08. The van der Waals surface area contributed by atoms with Gasteiger partial charge >= 0.3 is 0 Å². The molecule has 1 unspecified atom stereocenters. The van der Waals surface area contributed by atoms with Gasteiger partial charge in [-0.15, -0.1) is 0 Å². The van der Waals surface area contributed by atoms with E-state index in [9.17, 15) is 9.18 Å². The van der Waals surface area contributed by atoms with Crippen molar-refractivity contribution < 1.29 is 13.9 Å². The predicted molar refractivity (Wildman–Crippen MR) is 79.9 cm³/mol. The third kappa shape index (κ3) is 3.66. The molecule has 1 aromatic rings. The van der Waals surface area contributed by atoms with E-state index in [-0.39, 0.29) is 17.0 Å². The van der Waals surface area contributed by atoms with E-state index in [0.29, 0.717) is 23.6 Å². The van der Waals surface area contributed by atoms with Crippen LogP contribution in [0, 0.1) is 5.82 Å². The Bertz CT molecular complexity index is 542. The number of benzene rings is 1. The summed E-state index contributed by atoms with van der Waals surface area (Å²) in [4.78, 5) is 12.1. The van der Waals surface area contributed by atoms with E-state index in [0.717, 1.165) is 6.42 Å². The Morgan fingerprint density at radius 3 is 2.86 bits per heavy atom. The molecule has 0 saturated carbocycles. The average molecular weight is 335 g/mol. The first-order chi connectivity index (χ1) is 9.93. The van der Waals surface area contributed by atoms with Gasteiger partial charge in [0.15, 0.2) is 0 Å². The van der Waals surface area contributed by atoms with Gasteiger partial charge in [-0.2, -0.15) is 0 Å². The molecular formula is C14H17Cl2FN2O2. The number of ether oxygens (including phenoxy) is 1. The van der Waals surface area contributed by atoms with Gasteiger partial charge in [0.25, 0.3) is 0 Å². The molecule has 21 heavy (non-hydrogen) atoms. The molecule has 116 valence electrons. The maximum atomic E-state index is 13.5. The molecule has 3 N–H and O–H groups in total. The molecule has 1 aliphatic heterocycles. The van der Waals surface area contributed by atoms with Crippen molar-refractivity contribution in [2.24, 2.45) is 5.73 Å². The van der Waals surface area contributed by atoms with Crippen LogP contribution in [0.25, 0.3) is 0 Å². The van der Waals surface area contributed by atoms with Crippen molar-refractivity contribution in [3.63, 3.8) is 0 Å². The fourth-order valence-electron chi connectivity index (χ4n) is 2.39. The fourth-order valence-corrected chi connectivity index (χ4v) is 3.09. The van der Waals surface area contributed by atoms with Gasteiger partial charge in [0.05, 0.1) is 17.2 Å². The van der Waals surface area contributed by atoms with Crippen LogP contribution in [0.15, 0.2) is 12.1 Å². The largest absolute Gasteiger partial charge is 0.364 e. The molecule has 0 aliphatic carbocycles. The number of hydrogen-bond acceptors (Lipinski definition) is 3. The molecular weight excluding hydrogens is 318 g/mol. The SMILES string of the molecule is CC(NC(=O)[C@@H]1CC[C@H](CN)O1)c1c(Cl)ccc(F)c1Cl. The van der Waals surface area contributed by atoms with Crippen molar-refractivity contribution in [1.82, 2.24) is 5.32 Å². The molecule has 4 nitrogen and oxygen atoms in total. The third-order valence-corrected chi connectivity index (χ3v) is 4.25. The molecule has 3 atom stereocenters. The fraction of sp³-hybridized carbons (Fsp3) is 0.500. The van der Waals surface area contributed by atoms with Gasteiger partial charge in [0, 0.05) is 17.1 Å². The zero-order chi connectivity index (χ0) is 15.6. The molecule has 1 fully saturated rings. The highest BCUT2D eigenvalue weighted by Crippen LogP contribution is 2.32. The summed E-state index contributed by atoms with van der Waals surface area (Å²) in [7, 11) is 0. The Labute approximate surface area is 132 Å². The predicted octanol–water partition coefficient (Wildman–Crippen LogP) is 2.82. The average Bonchev–Trinajstić information content (AvgIpc) is 2.92. The minimum absolute atomic E-state index is 0.0810. The van der Waals surface area contributed by atoms with Gasteiger partial charge < -0.3 is 15.8 Å². The van der Waals surface area contributed by atoms with Crippen molar-refractivity contribution in [2.75, 3.05) is 6.54 Å². The summed E-state index contributed by atoms with van der Waals surface area (Å²) in [5, 5.41) is 2.98. The van der Waals surface area contributed by atoms with Crippen LogP contribution in [0.1, 0.15) is 31.4 Å². The lowest BCUT2D eigenvalue weighted by molar-refractivity contribution is -0.132. The summed E-state index contributed by atoms with van der Waals surface area (Å²) in [5.74, 6) is -0.840. The second-order valence-electron chi connectivity index (χ2n) is 5.05. The smallest absolute Gasteiger partial charge is 0.249 e. The molecule has 0 bridgehead atoms. The van der Waals surface area contributed by atoms with Crippen LogP contribution in [0.3, 0.4) is 0 Å². The Hall–Kier alpha value is -0.880. The Morgan fingerprint density at radius 1 is 1.52 bits per heavy atom. The van der Waals surface area contributed by atoms with Crippen LogP contribution in [0.4, 0.5) is 4.39 Å². The normalized spacial score (nSPS) is 23.1. The van der Waals surface area contributed by atoms with Crippen molar-refractivity contribution in [2.45, 2.75) is 38.0 Å². The number of amides is 1. The monoisotopic (exact) mass is 334 g/mol. The van der Waals surface area contributed by atoms with Crippen molar-refractivity contribution >= 4 is 29.1 Å². The van der Waals surface area contributed by atoms with Crippen LogP contribution >= 0.6 is 23.2 Å². The second-order valence-corrected chi connectivity index (χ2v) is 5.83. The number of nitrogens with one attached hydrogen (secondary N) is 1. The molecule has 1 aliphatic rings. The summed E-state index contributed by atoms with van der Waals surface area (Å²) >= 11 is 12.0. The number of carbonyl (C=O) groups is 1. The zero-order valence-corrected chi connectivity index (χ0v) is 13.0. The van der Waals surface area contributed by atoms with E-state index in [1.54, 1.807) is 6.92 Å². The number of carbonyl (C=O) groups excluding carboxylic acids is 1. The van der Waals surface area contributed by atoms with Gasteiger partial charge in [0.2, 0.25) is 5.91 Å². The van der Waals surface area contributed by atoms with E-state index in [2.05, 4.69) is 5.32 Å². The maximum Gasteiger partial charge on any atom is 0.249 e. The van der Waals surface area contributed by atoms with Gasteiger partial charge in [-0.25, -0.2) is 4.39 Å². The first-order valence-electron chi connectivity index (χ1n) is 6.73. The molecule has 1 heterocycles. The van der Waals surface area contributed by atoms with Crippen molar-refractivity contribution in [3.8, 4) is 0 Å². The van der Waals surface area contributed by atoms with Crippen LogP contribution in [0.2, 0.25) is 10.0 Å². The van der Waals surface area contributed by atoms with Crippen molar-refractivity contribution in [3.05, 3.63) is 33.6 Å². The summed E-state index contributed by atoms with van der Waals surface area (Å²) < 4.78 is 19.0. The Kier molecular flexibility index (Phi) is 5.43. The van der Waals surface area contributed by atoms with Gasteiger partial charge in [-0.1, -0.05) is 23.2 Å². The molecule has 0 aromatic heterocycles. The van der Waals surface area contributed by atoms with E-state index >= 15 is 0 Å². The number of nitrogens with two attached hydrogens (primary N) is 1. The Balaban J connectivity index is 2.07. The lowest BCUT2D eigenvalue weighted by atomic mass is 10.1. The standard InChI is InChI=1S/C14H17Cl2FN2O2/c1-7(12-9(15)3-4-10(17)13(12)16)19-14(20)11-5-2-8(6-18)21-11/h3-4,7-8,11H,2,5-6,18H2,1H3,(H,19,20)/t7?,8-,11+/m1/s1. The first-order valence-corrected chi connectivity index (χ1v) is 7.49. The molecule has 2 rings (SSSR count). The summed E-state index contributed by atoms with van der Waals surface area (Å²) in [5.41, 5.74) is 5.87. The zero-order valence-electron chi connectivity index (χ0n) is 11.5. The highest BCUT2D eigenvalue weighted by Gasteiger charge is 2.31. The lowest BCUT2D eigenvalue weighted by Gasteiger charge is -2.20. The van der Waals surface area contributed by atoms with E-state index in [1.807, 2.05) is 0 Å². The molecule has 1 aromatic carbocycles. The molecule has 0 radical (unpaired) electrons. The van der Waals surface area contributed by atoms with Crippen molar-refractivity contribution in [1.29, 1.82) is 0 Å². The van der Waals surface area contributed by atoms with E-state index in [4.69, 9.17) is 33.7 Å². The topological polar surface area (TPSA) is 64.4 Å².